The Kier molecular flexibility index (Phi) is 4.06. The molecular weight excluding hydrogens is 302 g/mol. The fourth-order valence-corrected chi connectivity index (χ4v) is 2.60. The fraction of sp³-hybridized carbons (Fsp3) is 0.250. The molecule has 0 saturated heterocycles. The van der Waals surface area contributed by atoms with Crippen LogP contribution in [0.5, 0.6) is 5.75 Å². The number of nitrogens with zero attached hydrogens (tertiary/aromatic N) is 1. The van der Waals surface area contributed by atoms with Crippen LogP contribution in [0.25, 0.3) is 22.0 Å². The van der Waals surface area contributed by atoms with E-state index in [4.69, 9.17) is 9.47 Å². The average molecular weight is 323 g/mol. The van der Waals surface area contributed by atoms with Gasteiger partial charge < -0.3 is 9.47 Å². The third kappa shape index (κ3) is 3.27. The van der Waals surface area contributed by atoms with Gasteiger partial charge in [0.25, 0.3) is 0 Å². The topological polar surface area (TPSA) is 40.5 Å². The molecular formula is C20H21NO3. The van der Waals surface area contributed by atoms with Gasteiger partial charge in [-0.05, 0) is 62.2 Å². The van der Waals surface area contributed by atoms with Crippen LogP contribution < -0.4 is 4.74 Å². The van der Waals surface area contributed by atoms with Gasteiger partial charge in [-0.15, -0.1) is 0 Å². The Hall–Kier alpha value is -2.75. The van der Waals surface area contributed by atoms with Crippen molar-refractivity contribution in [3.8, 4) is 16.9 Å². The Morgan fingerprint density at radius 3 is 2.46 bits per heavy atom. The van der Waals surface area contributed by atoms with Crippen molar-refractivity contribution in [2.24, 2.45) is 0 Å². The number of hydrogen-bond donors (Lipinski definition) is 0. The van der Waals surface area contributed by atoms with Gasteiger partial charge >= 0.3 is 6.09 Å². The average Bonchev–Trinajstić information content (AvgIpc) is 2.96. The molecule has 0 unspecified atom stereocenters. The minimum absolute atomic E-state index is 0.369. The summed E-state index contributed by atoms with van der Waals surface area (Å²) in [4.78, 5) is 12.3. The molecule has 0 saturated carbocycles. The number of methoxy groups -OCH3 is 1. The van der Waals surface area contributed by atoms with Gasteiger partial charge in [-0.3, -0.25) is 4.57 Å². The Labute approximate surface area is 141 Å². The van der Waals surface area contributed by atoms with Crippen molar-refractivity contribution in [2.45, 2.75) is 26.4 Å². The number of hydrogen-bond acceptors (Lipinski definition) is 3. The molecule has 0 radical (unpaired) electrons. The van der Waals surface area contributed by atoms with E-state index in [0.717, 1.165) is 27.8 Å². The lowest BCUT2D eigenvalue weighted by molar-refractivity contribution is 0.0544. The van der Waals surface area contributed by atoms with Crippen LogP contribution in [0.1, 0.15) is 20.8 Å². The molecule has 3 aromatic rings. The predicted molar refractivity (Wildman–Crippen MR) is 95.6 cm³/mol. The number of ether oxygens (including phenoxy) is 2. The molecule has 0 spiro atoms. The molecule has 1 aromatic heterocycles. The van der Waals surface area contributed by atoms with Gasteiger partial charge in [0, 0.05) is 11.6 Å². The second kappa shape index (κ2) is 6.04. The van der Waals surface area contributed by atoms with Crippen molar-refractivity contribution in [1.82, 2.24) is 4.57 Å². The first-order valence-corrected chi connectivity index (χ1v) is 7.86. The van der Waals surface area contributed by atoms with E-state index in [2.05, 4.69) is 6.07 Å². The van der Waals surface area contributed by atoms with E-state index in [9.17, 15) is 4.79 Å². The smallest absolute Gasteiger partial charge is 0.418 e. The van der Waals surface area contributed by atoms with Gasteiger partial charge in [-0.25, -0.2) is 4.79 Å². The van der Waals surface area contributed by atoms with Gasteiger partial charge in [-0.2, -0.15) is 0 Å². The highest BCUT2D eigenvalue weighted by Gasteiger charge is 2.19. The SMILES string of the molecule is COc1cccc(-c2ccc3c(ccn3C(=O)OC(C)(C)C)c2)c1. The number of aromatic nitrogens is 1. The summed E-state index contributed by atoms with van der Waals surface area (Å²) in [6.45, 7) is 5.58. The Morgan fingerprint density at radius 2 is 1.75 bits per heavy atom. The summed E-state index contributed by atoms with van der Waals surface area (Å²) >= 11 is 0. The zero-order valence-electron chi connectivity index (χ0n) is 14.4. The molecule has 0 fully saturated rings. The van der Waals surface area contributed by atoms with Gasteiger partial charge in [0.15, 0.2) is 0 Å². The maximum absolute atomic E-state index is 12.3. The van der Waals surface area contributed by atoms with Gasteiger partial charge in [-0.1, -0.05) is 18.2 Å². The molecule has 0 N–H and O–H groups in total. The van der Waals surface area contributed by atoms with Crippen molar-refractivity contribution in [1.29, 1.82) is 0 Å². The number of carbonyl (C=O) groups is 1. The van der Waals surface area contributed by atoms with Crippen LogP contribution in [0.4, 0.5) is 4.79 Å². The fourth-order valence-electron chi connectivity index (χ4n) is 2.60. The molecule has 0 amide bonds. The highest BCUT2D eigenvalue weighted by Crippen LogP contribution is 2.28. The molecule has 4 nitrogen and oxygen atoms in total. The zero-order chi connectivity index (χ0) is 17.3. The summed E-state index contributed by atoms with van der Waals surface area (Å²) in [5.41, 5.74) is 2.45. The number of fused-ring (bicyclic) bond motifs is 1. The van der Waals surface area contributed by atoms with Crippen LogP contribution in [-0.4, -0.2) is 23.4 Å². The predicted octanol–water partition coefficient (Wildman–Crippen LogP) is 5.10. The van der Waals surface area contributed by atoms with Crippen molar-refractivity contribution in [2.75, 3.05) is 7.11 Å². The third-order valence-corrected chi connectivity index (χ3v) is 3.68. The molecule has 0 bridgehead atoms. The molecule has 2 aromatic carbocycles. The van der Waals surface area contributed by atoms with Gasteiger partial charge in [0.1, 0.15) is 11.4 Å². The first-order valence-electron chi connectivity index (χ1n) is 7.86. The Balaban J connectivity index is 1.97. The number of benzene rings is 2. The molecule has 0 aliphatic heterocycles. The summed E-state index contributed by atoms with van der Waals surface area (Å²) in [6, 6.07) is 15.8. The minimum atomic E-state index is -0.520. The van der Waals surface area contributed by atoms with E-state index in [-0.39, 0.29) is 6.09 Å². The first-order chi connectivity index (χ1) is 11.4. The lowest BCUT2D eigenvalue weighted by Gasteiger charge is -2.19. The van der Waals surface area contributed by atoms with Crippen LogP contribution in [0.15, 0.2) is 54.7 Å². The third-order valence-electron chi connectivity index (χ3n) is 3.68. The van der Waals surface area contributed by atoms with Crippen LogP contribution >= 0.6 is 0 Å². The van der Waals surface area contributed by atoms with Crippen molar-refractivity contribution in [3.63, 3.8) is 0 Å². The summed E-state index contributed by atoms with van der Waals surface area (Å²) < 4.78 is 12.3. The van der Waals surface area contributed by atoms with Crippen LogP contribution in [0.3, 0.4) is 0 Å². The second-order valence-corrected chi connectivity index (χ2v) is 6.67. The van der Waals surface area contributed by atoms with Crippen molar-refractivity contribution < 1.29 is 14.3 Å². The molecule has 3 rings (SSSR count). The lowest BCUT2D eigenvalue weighted by Crippen LogP contribution is -2.26. The standard InChI is InChI=1S/C20H21NO3/c1-20(2,3)24-19(22)21-11-10-16-12-15(8-9-18(16)21)14-6-5-7-17(13-14)23-4/h5-13H,1-4H3. The van der Waals surface area contributed by atoms with E-state index in [1.54, 1.807) is 13.3 Å². The highest BCUT2D eigenvalue weighted by atomic mass is 16.6. The molecule has 1 heterocycles. The quantitative estimate of drug-likeness (QED) is 0.659. The summed E-state index contributed by atoms with van der Waals surface area (Å²) in [7, 11) is 1.66. The Morgan fingerprint density at radius 1 is 1.00 bits per heavy atom. The van der Waals surface area contributed by atoms with E-state index < -0.39 is 5.60 Å². The van der Waals surface area contributed by atoms with Crippen LogP contribution in [-0.2, 0) is 4.74 Å². The highest BCUT2D eigenvalue weighted by molar-refractivity contribution is 5.92. The molecule has 0 aliphatic carbocycles. The normalized spacial score (nSPS) is 11.5. The minimum Gasteiger partial charge on any atom is -0.497 e. The molecule has 0 aliphatic rings. The van der Waals surface area contributed by atoms with E-state index in [1.165, 1.54) is 4.57 Å². The summed E-state index contributed by atoms with van der Waals surface area (Å²) in [5, 5.41) is 0.987. The lowest BCUT2D eigenvalue weighted by atomic mass is 10.0. The van der Waals surface area contributed by atoms with Crippen LogP contribution in [0.2, 0.25) is 0 Å². The largest absolute Gasteiger partial charge is 0.497 e. The van der Waals surface area contributed by atoms with Crippen molar-refractivity contribution >= 4 is 17.0 Å². The molecule has 124 valence electrons. The second-order valence-electron chi connectivity index (χ2n) is 6.67. The molecule has 24 heavy (non-hydrogen) atoms. The Bertz CT molecular complexity index is 887. The van der Waals surface area contributed by atoms with Gasteiger partial charge in [0.05, 0.1) is 12.6 Å². The molecule has 4 heteroatoms. The summed E-state index contributed by atoms with van der Waals surface area (Å²) in [6.07, 6.45) is 1.38. The maximum atomic E-state index is 12.3. The van der Waals surface area contributed by atoms with Crippen molar-refractivity contribution in [3.05, 3.63) is 54.7 Å². The summed E-state index contributed by atoms with van der Waals surface area (Å²) in [5.74, 6) is 0.818. The van der Waals surface area contributed by atoms with Crippen LogP contribution in [0, 0.1) is 0 Å². The number of carbonyl (C=O) groups excluding carboxylic acids is 1. The van der Waals surface area contributed by atoms with E-state index in [0.29, 0.717) is 0 Å². The van der Waals surface area contributed by atoms with E-state index in [1.807, 2.05) is 63.2 Å². The van der Waals surface area contributed by atoms with E-state index >= 15 is 0 Å². The monoisotopic (exact) mass is 323 g/mol. The molecule has 0 atom stereocenters. The first kappa shape index (κ1) is 16.1. The number of rotatable bonds is 2. The maximum Gasteiger partial charge on any atom is 0.418 e. The van der Waals surface area contributed by atoms with Gasteiger partial charge in [0.2, 0.25) is 0 Å². The zero-order valence-corrected chi connectivity index (χ0v) is 14.4.